The van der Waals surface area contributed by atoms with Gasteiger partial charge in [-0.25, -0.2) is 0 Å². The molecule has 0 radical (unpaired) electrons. The second-order valence-corrected chi connectivity index (χ2v) is 5.95. The average molecular weight is 309 g/mol. The molecule has 23 heavy (non-hydrogen) atoms. The Morgan fingerprint density at radius 3 is 2.87 bits per heavy atom. The maximum absolute atomic E-state index is 5.39. The Hall–Kier alpha value is -2.40. The number of aromatic nitrogens is 2. The van der Waals surface area contributed by atoms with Crippen molar-refractivity contribution in [1.29, 1.82) is 0 Å². The number of rotatable bonds is 5. The monoisotopic (exact) mass is 309 g/mol. The summed E-state index contributed by atoms with van der Waals surface area (Å²) < 4.78 is 10.7. The molecule has 118 valence electrons. The molecule has 3 aromatic rings. The molecule has 0 aliphatic carbocycles. The highest BCUT2D eigenvalue weighted by atomic mass is 16.5. The van der Waals surface area contributed by atoms with Gasteiger partial charge in [0.05, 0.1) is 12.8 Å². The summed E-state index contributed by atoms with van der Waals surface area (Å²) in [5, 5.41) is 4.00. The first kappa shape index (κ1) is 14.2. The van der Waals surface area contributed by atoms with Crippen LogP contribution in [0, 0.1) is 0 Å². The molecular formula is C18H19N3O2. The van der Waals surface area contributed by atoms with Crippen LogP contribution in [0.15, 0.2) is 57.7 Å². The average Bonchev–Trinajstić information content (AvgIpc) is 3.31. The summed E-state index contributed by atoms with van der Waals surface area (Å²) in [7, 11) is 0. The van der Waals surface area contributed by atoms with Gasteiger partial charge in [-0.2, -0.15) is 4.98 Å². The van der Waals surface area contributed by atoms with Gasteiger partial charge in [0, 0.05) is 6.04 Å². The van der Waals surface area contributed by atoms with Gasteiger partial charge < -0.3 is 8.94 Å². The van der Waals surface area contributed by atoms with Crippen LogP contribution in [0.4, 0.5) is 0 Å². The standard InChI is InChI=1S/C18H19N3O2/c1-2-6-14(7-3-1)12-15-8-4-10-21(15)13-17-19-18(20-23-17)16-9-5-11-22-16/h1-3,5-7,9,11,15H,4,8,10,12-13H2/t15-/m0/s1. The Labute approximate surface area is 134 Å². The predicted octanol–water partition coefficient (Wildman–Crippen LogP) is 3.54. The zero-order chi connectivity index (χ0) is 15.5. The van der Waals surface area contributed by atoms with E-state index in [1.807, 2.05) is 12.1 Å². The Bertz CT molecular complexity index is 737. The number of nitrogens with zero attached hydrogens (tertiary/aromatic N) is 3. The van der Waals surface area contributed by atoms with Crippen molar-refractivity contribution >= 4 is 0 Å². The molecule has 0 amide bonds. The van der Waals surface area contributed by atoms with E-state index in [9.17, 15) is 0 Å². The summed E-state index contributed by atoms with van der Waals surface area (Å²) in [5.41, 5.74) is 1.38. The zero-order valence-corrected chi connectivity index (χ0v) is 12.9. The molecule has 1 saturated heterocycles. The minimum Gasteiger partial charge on any atom is -0.461 e. The molecule has 2 aromatic heterocycles. The second-order valence-electron chi connectivity index (χ2n) is 5.95. The fourth-order valence-corrected chi connectivity index (χ4v) is 3.22. The molecule has 1 aromatic carbocycles. The van der Waals surface area contributed by atoms with E-state index in [1.54, 1.807) is 6.26 Å². The van der Waals surface area contributed by atoms with E-state index in [1.165, 1.54) is 18.4 Å². The van der Waals surface area contributed by atoms with Gasteiger partial charge in [0.1, 0.15) is 0 Å². The second kappa shape index (κ2) is 6.38. The van der Waals surface area contributed by atoms with Gasteiger partial charge in [0.15, 0.2) is 5.76 Å². The van der Waals surface area contributed by atoms with E-state index in [0.717, 1.165) is 13.0 Å². The van der Waals surface area contributed by atoms with Crippen LogP contribution in [0.2, 0.25) is 0 Å². The highest BCUT2D eigenvalue weighted by Gasteiger charge is 2.26. The predicted molar refractivity (Wildman–Crippen MR) is 85.6 cm³/mol. The topological polar surface area (TPSA) is 55.3 Å². The van der Waals surface area contributed by atoms with E-state index in [-0.39, 0.29) is 0 Å². The first-order valence-corrected chi connectivity index (χ1v) is 8.03. The molecule has 0 unspecified atom stereocenters. The minimum atomic E-state index is 0.517. The van der Waals surface area contributed by atoms with Gasteiger partial charge in [0.2, 0.25) is 11.7 Å². The summed E-state index contributed by atoms with van der Waals surface area (Å²) in [6.45, 7) is 1.78. The van der Waals surface area contributed by atoms with Crippen LogP contribution < -0.4 is 0 Å². The van der Waals surface area contributed by atoms with Crippen LogP contribution in [0.25, 0.3) is 11.6 Å². The van der Waals surface area contributed by atoms with E-state index in [2.05, 4.69) is 45.4 Å². The summed E-state index contributed by atoms with van der Waals surface area (Å²) >= 11 is 0. The molecule has 1 atom stereocenters. The van der Waals surface area contributed by atoms with Gasteiger partial charge in [-0.1, -0.05) is 35.5 Å². The fraction of sp³-hybridized carbons (Fsp3) is 0.333. The SMILES string of the molecule is c1ccc(C[C@@H]2CCCN2Cc2nc(-c3ccco3)no2)cc1. The first-order chi connectivity index (χ1) is 11.4. The maximum atomic E-state index is 5.39. The van der Waals surface area contributed by atoms with E-state index >= 15 is 0 Å². The summed E-state index contributed by atoms with van der Waals surface area (Å²) in [6.07, 6.45) is 5.12. The van der Waals surface area contributed by atoms with Gasteiger partial charge in [0.25, 0.3) is 0 Å². The molecule has 5 nitrogen and oxygen atoms in total. The Kier molecular flexibility index (Phi) is 3.94. The van der Waals surface area contributed by atoms with Crippen LogP contribution >= 0.6 is 0 Å². The van der Waals surface area contributed by atoms with E-state index in [0.29, 0.717) is 30.1 Å². The molecule has 0 N–H and O–H groups in total. The quantitative estimate of drug-likeness (QED) is 0.721. The van der Waals surface area contributed by atoms with Crippen molar-refractivity contribution < 1.29 is 8.94 Å². The van der Waals surface area contributed by atoms with Gasteiger partial charge in [-0.15, -0.1) is 0 Å². The van der Waals surface area contributed by atoms with Crippen molar-refractivity contribution in [2.75, 3.05) is 6.54 Å². The Morgan fingerprint density at radius 1 is 1.13 bits per heavy atom. The third-order valence-corrected chi connectivity index (χ3v) is 4.36. The van der Waals surface area contributed by atoms with Gasteiger partial charge in [-0.05, 0) is 43.5 Å². The lowest BCUT2D eigenvalue weighted by atomic mass is 10.0. The zero-order valence-electron chi connectivity index (χ0n) is 12.9. The normalized spacial score (nSPS) is 18.5. The number of hydrogen-bond acceptors (Lipinski definition) is 5. The smallest absolute Gasteiger partial charge is 0.241 e. The molecular weight excluding hydrogens is 290 g/mol. The van der Waals surface area contributed by atoms with Crippen molar-refractivity contribution in [2.24, 2.45) is 0 Å². The molecule has 4 rings (SSSR count). The van der Waals surface area contributed by atoms with E-state index < -0.39 is 0 Å². The molecule has 1 aliphatic heterocycles. The van der Waals surface area contributed by atoms with Crippen LogP contribution in [-0.4, -0.2) is 27.6 Å². The van der Waals surface area contributed by atoms with Crippen molar-refractivity contribution in [1.82, 2.24) is 15.0 Å². The van der Waals surface area contributed by atoms with Crippen LogP contribution in [0.1, 0.15) is 24.3 Å². The molecule has 1 fully saturated rings. The lowest BCUT2D eigenvalue weighted by Gasteiger charge is -2.22. The number of hydrogen-bond donors (Lipinski definition) is 0. The highest BCUT2D eigenvalue weighted by molar-refractivity contribution is 5.44. The van der Waals surface area contributed by atoms with Crippen molar-refractivity contribution in [3.05, 3.63) is 60.2 Å². The molecule has 0 saturated carbocycles. The third-order valence-electron chi connectivity index (χ3n) is 4.36. The molecule has 0 bridgehead atoms. The maximum Gasteiger partial charge on any atom is 0.241 e. The van der Waals surface area contributed by atoms with Gasteiger partial charge >= 0.3 is 0 Å². The third kappa shape index (κ3) is 3.19. The Balaban J connectivity index is 1.43. The fourth-order valence-electron chi connectivity index (χ4n) is 3.22. The summed E-state index contributed by atoms with van der Waals surface area (Å²) in [4.78, 5) is 6.88. The lowest BCUT2D eigenvalue weighted by Crippen LogP contribution is -2.30. The number of furan rings is 1. The Morgan fingerprint density at radius 2 is 2.04 bits per heavy atom. The van der Waals surface area contributed by atoms with E-state index in [4.69, 9.17) is 8.94 Å². The molecule has 5 heteroatoms. The van der Waals surface area contributed by atoms with Gasteiger partial charge in [-0.3, -0.25) is 4.90 Å². The summed E-state index contributed by atoms with van der Waals surface area (Å²) in [6, 6.07) is 14.8. The van der Waals surface area contributed by atoms with Crippen LogP contribution in [0.5, 0.6) is 0 Å². The molecule has 3 heterocycles. The number of benzene rings is 1. The lowest BCUT2D eigenvalue weighted by molar-refractivity contribution is 0.210. The first-order valence-electron chi connectivity index (χ1n) is 8.03. The van der Waals surface area contributed by atoms with Crippen LogP contribution in [0.3, 0.4) is 0 Å². The van der Waals surface area contributed by atoms with Crippen molar-refractivity contribution in [3.8, 4) is 11.6 Å². The van der Waals surface area contributed by atoms with Crippen molar-refractivity contribution in [2.45, 2.75) is 31.8 Å². The number of likely N-dealkylation sites (tertiary alicyclic amines) is 1. The van der Waals surface area contributed by atoms with Crippen LogP contribution in [-0.2, 0) is 13.0 Å². The van der Waals surface area contributed by atoms with Crippen molar-refractivity contribution in [3.63, 3.8) is 0 Å². The minimum absolute atomic E-state index is 0.517. The largest absolute Gasteiger partial charge is 0.461 e. The summed E-state index contributed by atoms with van der Waals surface area (Å²) in [5.74, 6) is 1.81. The molecule has 0 spiro atoms. The highest BCUT2D eigenvalue weighted by Crippen LogP contribution is 2.24. The molecule has 1 aliphatic rings.